The zero-order chi connectivity index (χ0) is 12.3. The number of amides is 1. The first-order valence-electron chi connectivity index (χ1n) is 5.61. The molecular formula is C12H14BrClN2O. The number of carbonyl (C=O) groups is 1. The van der Waals surface area contributed by atoms with E-state index in [1.165, 1.54) is 12.8 Å². The largest absolute Gasteiger partial charge is 0.375 e. The van der Waals surface area contributed by atoms with Gasteiger partial charge in [-0.3, -0.25) is 4.79 Å². The second-order valence-electron chi connectivity index (χ2n) is 4.23. The highest BCUT2D eigenvalue weighted by Crippen LogP contribution is 2.27. The van der Waals surface area contributed by atoms with Crippen molar-refractivity contribution < 1.29 is 4.79 Å². The van der Waals surface area contributed by atoms with E-state index in [0.717, 1.165) is 16.7 Å². The predicted octanol–water partition coefficient (Wildman–Crippen LogP) is 3.04. The van der Waals surface area contributed by atoms with Crippen molar-refractivity contribution in [1.82, 2.24) is 5.32 Å². The van der Waals surface area contributed by atoms with Gasteiger partial charge in [0, 0.05) is 16.0 Å². The second-order valence-corrected chi connectivity index (χ2v) is 5.52. The molecule has 1 aromatic carbocycles. The van der Waals surface area contributed by atoms with E-state index in [0.29, 0.717) is 10.9 Å². The molecule has 0 heterocycles. The van der Waals surface area contributed by atoms with Crippen molar-refractivity contribution in [3.05, 3.63) is 27.7 Å². The highest BCUT2D eigenvalue weighted by atomic mass is 79.9. The summed E-state index contributed by atoms with van der Waals surface area (Å²) in [7, 11) is 0. The standard InChI is InChI=1S/C12H14BrClN2O/c13-10-4-3-9(14)5-11(10)15-7-12(17)16-6-8-1-2-8/h3-5,8,15H,1-2,6-7H2,(H,16,17). The van der Waals surface area contributed by atoms with Crippen molar-refractivity contribution in [2.45, 2.75) is 12.8 Å². The zero-order valence-electron chi connectivity index (χ0n) is 9.30. The molecule has 2 N–H and O–H groups in total. The summed E-state index contributed by atoms with van der Waals surface area (Å²) in [6.07, 6.45) is 2.49. The van der Waals surface area contributed by atoms with Gasteiger partial charge in [-0.2, -0.15) is 0 Å². The van der Waals surface area contributed by atoms with Crippen molar-refractivity contribution in [2.75, 3.05) is 18.4 Å². The van der Waals surface area contributed by atoms with Crippen molar-refractivity contribution in [3.8, 4) is 0 Å². The maximum Gasteiger partial charge on any atom is 0.239 e. The Morgan fingerprint density at radius 3 is 2.94 bits per heavy atom. The van der Waals surface area contributed by atoms with Crippen LogP contribution in [0.15, 0.2) is 22.7 Å². The number of nitrogens with one attached hydrogen (secondary N) is 2. The summed E-state index contributed by atoms with van der Waals surface area (Å²) in [6, 6.07) is 5.44. The molecule has 1 aromatic rings. The monoisotopic (exact) mass is 316 g/mol. The van der Waals surface area contributed by atoms with Crippen LogP contribution in [0.3, 0.4) is 0 Å². The summed E-state index contributed by atoms with van der Waals surface area (Å²) < 4.78 is 0.900. The highest BCUT2D eigenvalue weighted by molar-refractivity contribution is 9.10. The van der Waals surface area contributed by atoms with Crippen molar-refractivity contribution in [3.63, 3.8) is 0 Å². The molecule has 1 amide bonds. The van der Waals surface area contributed by atoms with Gasteiger partial charge in [-0.1, -0.05) is 11.6 Å². The molecule has 1 fully saturated rings. The van der Waals surface area contributed by atoms with E-state index in [1.54, 1.807) is 12.1 Å². The number of hydrogen-bond acceptors (Lipinski definition) is 2. The molecule has 0 atom stereocenters. The van der Waals surface area contributed by atoms with Crippen LogP contribution in [-0.2, 0) is 4.79 Å². The first-order chi connectivity index (χ1) is 8.15. The molecule has 17 heavy (non-hydrogen) atoms. The SMILES string of the molecule is O=C(CNc1cc(Cl)ccc1Br)NCC1CC1. The molecule has 0 radical (unpaired) electrons. The average molecular weight is 318 g/mol. The van der Waals surface area contributed by atoms with Crippen LogP contribution < -0.4 is 10.6 Å². The number of rotatable bonds is 5. The summed E-state index contributed by atoms with van der Waals surface area (Å²) in [5, 5.41) is 6.60. The van der Waals surface area contributed by atoms with E-state index in [1.807, 2.05) is 6.07 Å². The lowest BCUT2D eigenvalue weighted by molar-refractivity contribution is -0.119. The number of hydrogen-bond donors (Lipinski definition) is 2. The fourth-order valence-corrected chi connectivity index (χ4v) is 2.01. The summed E-state index contributed by atoms with van der Waals surface area (Å²) in [4.78, 5) is 11.5. The molecule has 1 saturated carbocycles. The van der Waals surface area contributed by atoms with Crippen molar-refractivity contribution in [1.29, 1.82) is 0 Å². The summed E-state index contributed by atoms with van der Waals surface area (Å²) in [6.45, 7) is 1.07. The molecular weight excluding hydrogens is 304 g/mol. The van der Waals surface area contributed by atoms with Crippen LogP contribution in [0.25, 0.3) is 0 Å². The number of benzene rings is 1. The normalized spacial score (nSPS) is 14.5. The Morgan fingerprint density at radius 2 is 2.24 bits per heavy atom. The quantitative estimate of drug-likeness (QED) is 0.876. The van der Waals surface area contributed by atoms with Crippen LogP contribution in [0, 0.1) is 5.92 Å². The highest BCUT2D eigenvalue weighted by Gasteiger charge is 2.21. The molecule has 3 nitrogen and oxygen atoms in total. The number of anilines is 1. The summed E-state index contributed by atoms with van der Waals surface area (Å²) in [5.41, 5.74) is 0.832. The summed E-state index contributed by atoms with van der Waals surface area (Å²) >= 11 is 9.28. The van der Waals surface area contributed by atoms with Gasteiger partial charge in [0.05, 0.1) is 12.2 Å². The van der Waals surface area contributed by atoms with Gasteiger partial charge in [0.2, 0.25) is 5.91 Å². The number of halogens is 2. The van der Waals surface area contributed by atoms with Crippen molar-refractivity contribution >= 4 is 39.1 Å². The van der Waals surface area contributed by atoms with Crippen LogP contribution >= 0.6 is 27.5 Å². The third-order valence-electron chi connectivity index (χ3n) is 2.65. The predicted molar refractivity (Wildman–Crippen MR) is 73.4 cm³/mol. The van der Waals surface area contributed by atoms with Crippen LogP contribution in [0.4, 0.5) is 5.69 Å². The molecule has 0 saturated heterocycles. The van der Waals surface area contributed by atoms with Gasteiger partial charge in [-0.25, -0.2) is 0 Å². The minimum absolute atomic E-state index is 0.0174. The van der Waals surface area contributed by atoms with E-state index < -0.39 is 0 Å². The average Bonchev–Trinajstić information content (AvgIpc) is 3.11. The van der Waals surface area contributed by atoms with Crippen LogP contribution in [0.1, 0.15) is 12.8 Å². The topological polar surface area (TPSA) is 41.1 Å². The molecule has 0 bridgehead atoms. The third kappa shape index (κ3) is 4.21. The van der Waals surface area contributed by atoms with E-state index in [-0.39, 0.29) is 12.5 Å². The lowest BCUT2D eigenvalue weighted by Crippen LogP contribution is -2.31. The Bertz CT molecular complexity index is 421. The van der Waals surface area contributed by atoms with Crippen molar-refractivity contribution in [2.24, 2.45) is 5.92 Å². The Morgan fingerprint density at radius 1 is 1.47 bits per heavy atom. The van der Waals surface area contributed by atoms with E-state index in [2.05, 4.69) is 26.6 Å². The van der Waals surface area contributed by atoms with Crippen LogP contribution in [0.2, 0.25) is 5.02 Å². The Hall–Kier alpha value is -0.740. The molecule has 2 rings (SSSR count). The lowest BCUT2D eigenvalue weighted by atomic mass is 10.3. The Labute approximate surface area is 114 Å². The van der Waals surface area contributed by atoms with Gasteiger partial charge in [-0.05, 0) is 52.9 Å². The van der Waals surface area contributed by atoms with Gasteiger partial charge in [0.25, 0.3) is 0 Å². The van der Waals surface area contributed by atoms with Gasteiger partial charge in [0.15, 0.2) is 0 Å². The molecule has 0 unspecified atom stereocenters. The minimum Gasteiger partial charge on any atom is -0.375 e. The molecule has 0 spiro atoms. The second kappa shape index (κ2) is 5.74. The maximum atomic E-state index is 11.5. The summed E-state index contributed by atoms with van der Waals surface area (Å²) in [5.74, 6) is 0.723. The van der Waals surface area contributed by atoms with E-state index >= 15 is 0 Å². The van der Waals surface area contributed by atoms with Gasteiger partial charge < -0.3 is 10.6 Å². The van der Waals surface area contributed by atoms with E-state index in [4.69, 9.17) is 11.6 Å². The smallest absolute Gasteiger partial charge is 0.239 e. The fraction of sp³-hybridized carbons (Fsp3) is 0.417. The van der Waals surface area contributed by atoms with Gasteiger partial charge >= 0.3 is 0 Å². The lowest BCUT2D eigenvalue weighted by Gasteiger charge is -2.09. The fourth-order valence-electron chi connectivity index (χ4n) is 1.45. The van der Waals surface area contributed by atoms with E-state index in [9.17, 15) is 4.79 Å². The first kappa shape index (κ1) is 12.7. The molecule has 0 aliphatic heterocycles. The first-order valence-corrected chi connectivity index (χ1v) is 6.78. The van der Waals surface area contributed by atoms with Crippen LogP contribution in [0.5, 0.6) is 0 Å². The van der Waals surface area contributed by atoms with Gasteiger partial charge in [0.1, 0.15) is 0 Å². The zero-order valence-corrected chi connectivity index (χ0v) is 11.6. The van der Waals surface area contributed by atoms with Gasteiger partial charge in [-0.15, -0.1) is 0 Å². The molecule has 1 aliphatic rings. The third-order valence-corrected chi connectivity index (χ3v) is 3.58. The molecule has 0 aromatic heterocycles. The minimum atomic E-state index is 0.0174. The molecule has 5 heteroatoms. The Balaban J connectivity index is 1.79. The number of carbonyl (C=O) groups excluding carboxylic acids is 1. The Kier molecular flexibility index (Phi) is 4.29. The molecule has 92 valence electrons. The van der Waals surface area contributed by atoms with Crippen LogP contribution in [-0.4, -0.2) is 19.0 Å². The maximum absolute atomic E-state index is 11.5. The molecule has 1 aliphatic carbocycles.